The second-order valence-corrected chi connectivity index (χ2v) is 7.03. The maximum Gasteiger partial charge on any atom is 0.254 e. The van der Waals surface area contributed by atoms with Crippen LogP contribution in [0.4, 0.5) is 5.82 Å². The molecule has 5 heteroatoms. The van der Waals surface area contributed by atoms with E-state index in [1.165, 1.54) is 17.5 Å². The fourth-order valence-corrected chi connectivity index (χ4v) is 3.66. The molecule has 0 unspecified atom stereocenters. The number of ether oxygens (including phenoxy) is 1. The maximum absolute atomic E-state index is 12.6. The number of hydrogen-bond acceptors (Lipinski definition) is 4. The normalized spacial score (nSPS) is 16.5. The van der Waals surface area contributed by atoms with Crippen molar-refractivity contribution in [3.05, 3.63) is 53.2 Å². The predicted molar refractivity (Wildman–Crippen MR) is 102 cm³/mol. The molecule has 2 aromatic rings. The minimum absolute atomic E-state index is 0.112. The van der Waals surface area contributed by atoms with Crippen LogP contribution in [0.1, 0.15) is 47.2 Å². The van der Waals surface area contributed by atoms with Gasteiger partial charge in [0.2, 0.25) is 0 Å². The van der Waals surface area contributed by atoms with E-state index < -0.39 is 0 Å². The number of aromatic nitrogens is 1. The van der Waals surface area contributed by atoms with Gasteiger partial charge in [0.1, 0.15) is 11.6 Å². The predicted octanol–water partition coefficient (Wildman–Crippen LogP) is 3.64. The fourth-order valence-electron chi connectivity index (χ4n) is 3.66. The van der Waals surface area contributed by atoms with Crippen molar-refractivity contribution in [3.8, 4) is 5.75 Å². The van der Waals surface area contributed by atoms with Crippen molar-refractivity contribution in [1.82, 2.24) is 9.88 Å². The zero-order valence-corrected chi connectivity index (χ0v) is 15.0. The Morgan fingerprint density at radius 3 is 2.88 bits per heavy atom. The molecule has 136 valence electrons. The van der Waals surface area contributed by atoms with Crippen molar-refractivity contribution in [1.29, 1.82) is 0 Å². The van der Waals surface area contributed by atoms with E-state index in [1.54, 1.807) is 12.3 Å². The molecule has 0 spiro atoms. The molecule has 0 radical (unpaired) electrons. The monoisotopic (exact) mass is 351 g/mol. The Hall–Kier alpha value is -2.56. The molecular weight excluding hydrogens is 326 g/mol. The lowest BCUT2D eigenvalue weighted by molar-refractivity contribution is 0.0724. The number of carbonyl (C=O) groups excluding carboxylic acids is 1. The molecule has 1 aromatic heterocycles. The van der Waals surface area contributed by atoms with Crippen molar-refractivity contribution in [3.63, 3.8) is 0 Å². The van der Waals surface area contributed by atoms with Crippen molar-refractivity contribution in [2.75, 3.05) is 25.0 Å². The van der Waals surface area contributed by atoms with Gasteiger partial charge in [-0.3, -0.25) is 4.79 Å². The topological polar surface area (TPSA) is 54.5 Å². The lowest BCUT2D eigenvalue weighted by atomic mass is 10.0. The molecule has 26 heavy (non-hydrogen) atoms. The van der Waals surface area contributed by atoms with Gasteiger partial charge in [-0.05, 0) is 61.4 Å². The van der Waals surface area contributed by atoms with Gasteiger partial charge in [-0.1, -0.05) is 12.1 Å². The number of carbonyl (C=O) groups is 1. The molecule has 1 N–H and O–H groups in total. The molecule has 5 nitrogen and oxygen atoms in total. The molecule has 4 rings (SSSR count). The molecule has 0 saturated carbocycles. The van der Waals surface area contributed by atoms with E-state index >= 15 is 0 Å². The molecule has 2 aliphatic rings. The molecule has 1 amide bonds. The van der Waals surface area contributed by atoms with Crippen molar-refractivity contribution < 1.29 is 9.53 Å². The first kappa shape index (κ1) is 16.9. The van der Waals surface area contributed by atoms with Gasteiger partial charge in [-0.2, -0.15) is 0 Å². The number of nitrogens with one attached hydrogen (secondary N) is 1. The Labute approximate surface area is 154 Å². The first-order chi connectivity index (χ1) is 12.8. The van der Waals surface area contributed by atoms with Crippen LogP contribution in [0.3, 0.4) is 0 Å². The number of anilines is 1. The van der Waals surface area contributed by atoms with E-state index in [4.69, 9.17) is 4.74 Å². The van der Waals surface area contributed by atoms with Crippen LogP contribution in [0.2, 0.25) is 0 Å². The first-order valence-electron chi connectivity index (χ1n) is 9.53. The third-order valence-corrected chi connectivity index (χ3v) is 5.10. The summed E-state index contributed by atoms with van der Waals surface area (Å²) in [4.78, 5) is 19.0. The molecule has 0 bridgehead atoms. The van der Waals surface area contributed by atoms with Crippen LogP contribution < -0.4 is 10.1 Å². The lowest BCUT2D eigenvalue weighted by Crippen LogP contribution is -2.35. The third-order valence-electron chi connectivity index (χ3n) is 5.10. The van der Waals surface area contributed by atoms with E-state index in [2.05, 4.69) is 28.5 Å². The summed E-state index contributed by atoms with van der Waals surface area (Å²) in [7, 11) is 0. The van der Waals surface area contributed by atoms with Crippen molar-refractivity contribution in [2.24, 2.45) is 0 Å². The van der Waals surface area contributed by atoms with E-state index in [1.807, 2.05) is 11.0 Å². The standard InChI is InChI=1S/C21H25N3O2/c25-21(24-10-2-1-3-11-24)18-8-9-22-20(14-18)23-15-16-6-7-19-17(13-16)5-4-12-26-19/h6-9,13-14H,1-5,10-12,15H2,(H,22,23). The van der Waals surface area contributed by atoms with E-state index in [0.29, 0.717) is 12.1 Å². The highest BCUT2D eigenvalue weighted by molar-refractivity contribution is 5.94. The summed E-state index contributed by atoms with van der Waals surface area (Å²) in [5.74, 6) is 1.86. The minimum atomic E-state index is 0.112. The van der Waals surface area contributed by atoms with Crippen LogP contribution in [0.25, 0.3) is 0 Å². The number of nitrogens with zero attached hydrogens (tertiary/aromatic N) is 2. The molecule has 1 aromatic carbocycles. The fraction of sp³-hybridized carbons (Fsp3) is 0.429. The second kappa shape index (κ2) is 7.77. The minimum Gasteiger partial charge on any atom is -0.493 e. The van der Waals surface area contributed by atoms with Crippen molar-refractivity contribution >= 4 is 11.7 Å². The number of fused-ring (bicyclic) bond motifs is 1. The summed E-state index contributed by atoms with van der Waals surface area (Å²) in [6.07, 6.45) is 7.28. The summed E-state index contributed by atoms with van der Waals surface area (Å²) in [6, 6.07) is 10.00. The summed E-state index contributed by atoms with van der Waals surface area (Å²) < 4.78 is 5.67. The highest BCUT2D eigenvalue weighted by Gasteiger charge is 2.18. The van der Waals surface area contributed by atoms with Crippen LogP contribution in [-0.4, -0.2) is 35.5 Å². The van der Waals surface area contributed by atoms with Gasteiger partial charge in [0.25, 0.3) is 5.91 Å². The van der Waals surface area contributed by atoms with Gasteiger partial charge in [-0.25, -0.2) is 4.98 Å². The van der Waals surface area contributed by atoms with Crippen LogP contribution in [0.5, 0.6) is 5.75 Å². The number of likely N-dealkylation sites (tertiary alicyclic amines) is 1. The molecule has 0 atom stereocenters. The van der Waals surface area contributed by atoms with Crippen molar-refractivity contribution in [2.45, 2.75) is 38.6 Å². The lowest BCUT2D eigenvalue weighted by Gasteiger charge is -2.26. The van der Waals surface area contributed by atoms with Crippen LogP contribution in [0.15, 0.2) is 36.5 Å². The number of pyridine rings is 1. The number of piperidine rings is 1. The number of amides is 1. The highest BCUT2D eigenvalue weighted by Crippen LogP contribution is 2.26. The van der Waals surface area contributed by atoms with Gasteiger partial charge in [0.05, 0.1) is 6.61 Å². The SMILES string of the molecule is O=C(c1ccnc(NCc2ccc3c(c2)CCCO3)c1)N1CCCCC1. The van der Waals surface area contributed by atoms with Crippen LogP contribution in [0, 0.1) is 0 Å². The summed E-state index contributed by atoms with van der Waals surface area (Å²) >= 11 is 0. The van der Waals surface area contributed by atoms with Gasteiger partial charge in [-0.15, -0.1) is 0 Å². The summed E-state index contributed by atoms with van der Waals surface area (Å²) in [6.45, 7) is 3.22. The number of hydrogen-bond donors (Lipinski definition) is 1. The van der Waals surface area contributed by atoms with Gasteiger partial charge in [0, 0.05) is 31.4 Å². The molecule has 1 saturated heterocycles. The summed E-state index contributed by atoms with van der Waals surface area (Å²) in [5.41, 5.74) is 3.18. The largest absolute Gasteiger partial charge is 0.493 e. The third kappa shape index (κ3) is 3.82. The van der Waals surface area contributed by atoms with Gasteiger partial charge >= 0.3 is 0 Å². The number of rotatable bonds is 4. The van der Waals surface area contributed by atoms with Crippen LogP contribution >= 0.6 is 0 Å². The molecule has 0 aliphatic carbocycles. The zero-order chi connectivity index (χ0) is 17.8. The van der Waals surface area contributed by atoms with Gasteiger partial charge < -0.3 is 15.0 Å². The highest BCUT2D eigenvalue weighted by atomic mass is 16.5. The molecule has 2 aliphatic heterocycles. The molecule has 3 heterocycles. The average Bonchev–Trinajstić information content (AvgIpc) is 2.72. The van der Waals surface area contributed by atoms with E-state index in [9.17, 15) is 4.79 Å². The Morgan fingerprint density at radius 1 is 1.12 bits per heavy atom. The second-order valence-electron chi connectivity index (χ2n) is 7.03. The first-order valence-corrected chi connectivity index (χ1v) is 9.53. The Balaban J connectivity index is 1.41. The molecular formula is C21H25N3O2. The quantitative estimate of drug-likeness (QED) is 0.914. The van der Waals surface area contributed by atoms with E-state index in [0.717, 1.165) is 56.9 Å². The number of benzene rings is 1. The van der Waals surface area contributed by atoms with Gasteiger partial charge in [0.15, 0.2) is 0 Å². The molecule has 1 fully saturated rings. The maximum atomic E-state index is 12.6. The Bertz CT molecular complexity index is 785. The average molecular weight is 351 g/mol. The van der Waals surface area contributed by atoms with Crippen LogP contribution in [-0.2, 0) is 13.0 Å². The Kier molecular flexibility index (Phi) is 5.04. The Morgan fingerprint density at radius 2 is 2.00 bits per heavy atom. The smallest absolute Gasteiger partial charge is 0.254 e. The summed E-state index contributed by atoms with van der Waals surface area (Å²) in [5, 5.41) is 3.34. The van der Waals surface area contributed by atoms with E-state index in [-0.39, 0.29) is 5.91 Å². The zero-order valence-electron chi connectivity index (χ0n) is 15.0. The number of aryl methyl sites for hydroxylation is 1.